The van der Waals surface area contributed by atoms with E-state index in [1.165, 1.54) is 5.57 Å². The molecule has 0 aromatic rings. The number of nitrogens with one attached hydrogen (secondary N) is 1. The first-order valence-corrected chi connectivity index (χ1v) is 13.0. The van der Waals surface area contributed by atoms with E-state index in [1.807, 2.05) is 6.20 Å². The molecule has 0 heterocycles. The van der Waals surface area contributed by atoms with Gasteiger partial charge in [0.05, 0.1) is 126 Å². The predicted molar refractivity (Wildman–Crippen MR) is 137 cm³/mol. The first kappa shape index (κ1) is 35.1. The van der Waals surface area contributed by atoms with Crippen LogP contribution < -0.4 is 5.32 Å². The molecule has 0 spiro atoms. The Morgan fingerprint density at radius 3 is 1.06 bits per heavy atom. The van der Waals surface area contributed by atoms with Gasteiger partial charge in [-0.2, -0.15) is 0 Å². The molecular formula is C25H51NO10. The van der Waals surface area contributed by atoms with Crippen molar-refractivity contribution in [3.05, 3.63) is 11.8 Å². The largest absolute Gasteiger partial charge is 0.394 e. The number of aliphatic hydroxyl groups excluding tert-OH is 1. The Labute approximate surface area is 217 Å². The van der Waals surface area contributed by atoms with Crippen LogP contribution in [-0.4, -0.2) is 137 Å². The van der Waals surface area contributed by atoms with Crippen molar-refractivity contribution in [2.75, 3.05) is 132 Å². The van der Waals surface area contributed by atoms with Gasteiger partial charge in [0.1, 0.15) is 0 Å². The lowest BCUT2D eigenvalue weighted by atomic mass is 10.3. The molecule has 2 N–H and O–H groups in total. The number of ether oxygens (including phenoxy) is 9. The van der Waals surface area contributed by atoms with Gasteiger partial charge in [-0.3, -0.25) is 0 Å². The molecule has 0 rings (SSSR count). The van der Waals surface area contributed by atoms with E-state index in [9.17, 15) is 0 Å². The summed E-state index contributed by atoms with van der Waals surface area (Å²) in [5.74, 6) is 0. The van der Waals surface area contributed by atoms with E-state index in [0.717, 1.165) is 13.0 Å². The molecule has 0 aliphatic carbocycles. The van der Waals surface area contributed by atoms with Crippen LogP contribution in [0.4, 0.5) is 0 Å². The van der Waals surface area contributed by atoms with Gasteiger partial charge < -0.3 is 53.1 Å². The first-order valence-electron chi connectivity index (χ1n) is 13.0. The molecule has 0 radical (unpaired) electrons. The van der Waals surface area contributed by atoms with Crippen molar-refractivity contribution >= 4 is 0 Å². The third kappa shape index (κ3) is 31.2. The quantitative estimate of drug-likeness (QED) is 0.126. The zero-order valence-electron chi connectivity index (χ0n) is 22.5. The van der Waals surface area contributed by atoms with Gasteiger partial charge in [0.15, 0.2) is 0 Å². The van der Waals surface area contributed by atoms with Crippen molar-refractivity contribution in [2.24, 2.45) is 0 Å². The van der Waals surface area contributed by atoms with Gasteiger partial charge in [-0.05, 0) is 19.5 Å². The second kappa shape index (κ2) is 32.2. The van der Waals surface area contributed by atoms with Crippen molar-refractivity contribution in [1.82, 2.24) is 5.32 Å². The lowest BCUT2D eigenvalue weighted by Gasteiger charge is -2.09. The fourth-order valence-corrected chi connectivity index (χ4v) is 2.41. The Morgan fingerprint density at radius 2 is 0.778 bits per heavy atom. The highest BCUT2D eigenvalue weighted by Gasteiger charge is 1.95. The molecule has 0 amide bonds. The van der Waals surface area contributed by atoms with Gasteiger partial charge in [-0.15, -0.1) is 0 Å². The highest BCUT2D eigenvalue weighted by atomic mass is 16.6. The summed E-state index contributed by atoms with van der Waals surface area (Å²) in [6.07, 6.45) is 3.09. The van der Waals surface area contributed by atoms with E-state index in [4.69, 9.17) is 47.7 Å². The molecule has 0 aromatic carbocycles. The molecule has 0 aromatic heterocycles. The number of hydrogen-bond donors (Lipinski definition) is 2. The Balaban J connectivity index is 3.04. The molecule has 0 unspecified atom stereocenters. The standard InChI is InChI=1S/C25H51NO10/c1-3-25(2)24-26-4-6-28-8-10-30-12-14-32-16-18-34-20-22-36-23-21-35-19-17-33-15-13-31-11-9-29-7-5-27/h24,26-27H,3-23H2,1-2H3/b25-24+. The van der Waals surface area contributed by atoms with Crippen molar-refractivity contribution in [2.45, 2.75) is 20.3 Å². The van der Waals surface area contributed by atoms with Crippen molar-refractivity contribution in [1.29, 1.82) is 0 Å². The van der Waals surface area contributed by atoms with Crippen LogP contribution in [-0.2, 0) is 42.6 Å². The van der Waals surface area contributed by atoms with E-state index in [2.05, 4.69) is 19.2 Å². The summed E-state index contributed by atoms with van der Waals surface area (Å²) in [6.45, 7) is 14.5. The maximum absolute atomic E-state index is 8.56. The van der Waals surface area contributed by atoms with Gasteiger partial charge in [-0.1, -0.05) is 12.5 Å². The summed E-state index contributed by atoms with van der Waals surface area (Å²) in [5.41, 5.74) is 1.33. The van der Waals surface area contributed by atoms with Crippen LogP contribution in [0.15, 0.2) is 11.8 Å². The third-order valence-electron chi connectivity index (χ3n) is 4.51. The van der Waals surface area contributed by atoms with Gasteiger partial charge in [-0.25, -0.2) is 0 Å². The topological polar surface area (TPSA) is 115 Å². The maximum atomic E-state index is 8.56. The maximum Gasteiger partial charge on any atom is 0.0701 e. The van der Waals surface area contributed by atoms with Gasteiger partial charge in [0.2, 0.25) is 0 Å². The molecule has 36 heavy (non-hydrogen) atoms. The number of hydrogen-bond acceptors (Lipinski definition) is 11. The lowest BCUT2D eigenvalue weighted by molar-refractivity contribution is -0.0254. The SMILES string of the molecule is CC/C(C)=C/NCCOCCOCCOCCOCCOCCOCCOCCOCCOCCO. The zero-order chi connectivity index (χ0) is 26.2. The average molecular weight is 526 g/mol. The van der Waals surface area contributed by atoms with E-state index in [-0.39, 0.29) is 6.61 Å². The van der Waals surface area contributed by atoms with Crippen molar-refractivity contribution < 1.29 is 47.7 Å². The number of rotatable bonds is 31. The van der Waals surface area contributed by atoms with Gasteiger partial charge in [0.25, 0.3) is 0 Å². The fraction of sp³-hybridized carbons (Fsp3) is 0.920. The molecule has 0 bridgehead atoms. The van der Waals surface area contributed by atoms with Crippen LogP contribution in [0.2, 0.25) is 0 Å². The number of aliphatic hydroxyl groups is 1. The monoisotopic (exact) mass is 525 g/mol. The van der Waals surface area contributed by atoms with Crippen LogP contribution in [0.1, 0.15) is 20.3 Å². The van der Waals surface area contributed by atoms with Crippen molar-refractivity contribution in [3.8, 4) is 0 Å². The molecule has 216 valence electrons. The normalized spacial score (nSPS) is 11.9. The van der Waals surface area contributed by atoms with Gasteiger partial charge in [0, 0.05) is 6.54 Å². The van der Waals surface area contributed by atoms with Crippen LogP contribution in [0.5, 0.6) is 0 Å². The Kier molecular flexibility index (Phi) is 31.4. The van der Waals surface area contributed by atoms with Crippen molar-refractivity contribution in [3.63, 3.8) is 0 Å². The minimum atomic E-state index is 0.0301. The Bertz CT molecular complexity index is 443. The minimum Gasteiger partial charge on any atom is -0.394 e. The average Bonchev–Trinajstić information content (AvgIpc) is 2.89. The molecule has 0 aliphatic heterocycles. The fourth-order valence-electron chi connectivity index (χ4n) is 2.41. The van der Waals surface area contributed by atoms with Crippen LogP contribution in [0, 0.1) is 0 Å². The number of allylic oxidation sites excluding steroid dienone is 1. The van der Waals surface area contributed by atoms with E-state index in [1.54, 1.807) is 0 Å². The summed E-state index contributed by atoms with van der Waals surface area (Å²) in [4.78, 5) is 0. The third-order valence-corrected chi connectivity index (χ3v) is 4.51. The summed E-state index contributed by atoms with van der Waals surface area (Å²) in [5, 5.41) is 11.8. The summed E-state index contributed by atoms with van der Waals surface area (Å²) >= 11 is 0. The molecule has 0 fully saturated rings. The lowest BCUT2D eigenvalue weighted by Crippen LogP contribution is -2.17. The van der Waals surface area contributed by atoms with Crippen LogP contribution in [0.25, 0.3) is 0 Å². The molecule has 11 nitrogen and oxygen atoms in total. The predicted octanol–water partition coefficient (Wildman–Crippen LogP) is 1.03. The summed E-state index contributed by atoms with van der Waals surface area (Å²) < 4.78 is 48.5. The van der Waals surface area contributed by atoms with E-state index in [0.29, 0.717) is 119 Å². The second-order valence-corrected chi connectivity index (χ2v) is 7.53. The minimum absolute atomic E-state index is 0.0301. The van der Waals surface area contributed by atoms with Gasteiger partial charge >= 0.3 is 0 Å². The zero-order valence-corrected chi connectivity index (χ0v) is 22.5. The first-order chi connectivity index (χ1) is 17.8. The highest BCUT2D eigenvalue weighted by Crippen LogP contribution is 1.94. The summed E-state index contributed by atoms with van der Waals surface area (Å²) in [6, 6.07) is 0. The smallest absolute Gasteiger partial charge is 0.0701 e. The second-order valence-electron chi connectivity index (χ2n) is 7.53. The van der Waals surface area contributed by atoms with E-state index < -0.39 is 0 Å². The molecule has 0 saturated heterocycles. The van der Waals surface area contributed by atoms with Crippen LogP contribution in [0.3, 0.4) is 0 Å². The Morgan fingerprint density at radius 1 is 0.500 bits per heavy atom. The summed E-state index contributed by atoms with van der Waals surface area (Å²) in [7, 11) is 0. The molecule has 0 atom stereocenters. The molecule has 11 heteroatoms. The van der Waals surface area contributed by atoms with E-state index >= 15 is 0 Å². The molecular weight excluding hydrogens is 474 g/mol. The highest BCUT2D eigenvalue weighted by molar-refractivity contribution is 4.94. The van der Waals surface area contributed by atoms with Crippen LogP contribution >= 0.6 is 0 Å². The Hall–Kier alpha value is -0.860. The molecule has 0 aliphatic rings. The molecule has 0 saturated carbocycles.